The first kappa shape index (κ1) is 16.5. The molecule has 1 aromatic rings. The molecule has 4 N–H and O–H groups in total. The summed E-state index contributed by atoms with van der Waals surface area (Å²) in [7, 11) is 0. The Labute approximate surface area is 122 Å². The van der Waals surface area contributed by atoms with Crippen molar-refractivity contribution in [3.63, 3.8) is 0 Å². The number of benzene rings is 1. The van der Waals surface area contributed by atoms with Crippen molar-refractivity contribution in [2.24, 2.45) is 5.73 Å². The highest BCUT2D eigenvalue weighted by atomic mass is 15.1. The van der Waals surface area contributed by atoms with E-state index >= 15 is 0 Å². The lowest BCUT2D eigenvalue weighted by molar-refractivity contribution is 0.272. The number of hydrogen-bond donors (Lipinski definition) is 2. The van der Waals surface area contributed by atoms with Crippen LogP contribution in [0.3, 0.4) is 0 Å². The molecule has 0 aliphatic carbocycles. The van der Waals surface area contributed by atoms with Gasteiger partial charge in [-0.1, -0.05) is 13.0 Å². The van der Waals surface area contributed by atoms with Crippen LogP contribution in [0.2, 0.25) is 0 Å². The fourth-order valence-electron chi connectivity index (χ4n) is 2.27. The van der Waals surface area contributed by atoms with Crippen molar-refractivity contribution in [3.8, 4) is 6.07 Å². The molecule has 20 heavy (non-hydrogen) atoms. The molecule has 4 nitrogen and oxygen atoms in total. The Morgan fingerprint density at radius 3 is 2.65 bits per heavy atom. The minimum atomic E-state index is 0.560. The molecule has 0 atom stereocenters. The smallest absolute Gasteiger partial charge is 0.101 e. The summed E-state index contributed by atoms with van der Waals surface area (Å²) in [5, 5.41) is 9.00. The molecule has 0 fully saturated rings. The standard InChI is InChI=1S/C16H26N4/c1-2-9-20(10-4-3-8-17)11-7-14-5-6-16(19)15(12-14)13-18/h5-6,12H,2-4,7-11,17,19H2,1H3. The van der Waals surface area contributed by atoms with Crippen LogP contribution in [0.1, 0.15) is 37.3 Å². The van der Waals surface area contributed by atoms with Gasteiger partial charge >= 0.3 is 0 Å². The first-order valence-corrected chi connectivity index (χ1v) is 7.42. The molecular weight excluding hydrogens is 248 g/mol. The Kier molecular flexibility index (Phi) is 7.71. The molecule has 0 aliphatic rings. The van der Waals surface area contributed by atoms with E-state index in [1.54, 1.807) is 0 Å². The van der Waals surface area contributed by atoms with E-state index in [1.165, 1.54) is 5.56 Å². The third kappa shape index (κ3) is 5.60. The molecule has 0 radical (unpaired) electrons. The first-order chi connectivity index (χ1) is 9.71. The van der Waals surface area contributed by atoms with Gasteiger partial charge in [-0.05, 0) is 63.0 Å². The zero-order valence-electron chi connectivity index (χ0n) is 12.4. The summed E-state index contributed by atoms with van der Waals surface area (Å²) < 4.78 is 0. The first-order valence-electron chi connectivity index (χ1n) is 7.42. The van der Waals surface area contributed by atoms with E-state index in [0.717, 1.165) is 51.9 Å². The van der Waals surface area contributed by atoms with E-state index < -0.39 is 0 Å². The van der Waals surface area contributed by atoms with Crippen LogP contribution in [0.4, 0.5) is 5.69 Å². The van der Waals surface area contributed by atoms with Crippen molar-refractivity contribution in [2.45, 2.75) is 32.6 Å². The summed E-state index contributed by atoms with van der Waals surface area (Å²) in [5.41, 5.74) is 13.6. The van der Waals surface area contributed by atoms with Gasteiger partial charge < -0.3 is 16.4 Å². The van der Waals surface area contributed by atoms with Crippen molar-refractivity contribution in [2.75, 3.05) is 31.9 Å². The van der Waals surface area contributed by atoms with Crippen molar-refractivity contribution in [1.82, 2.24) is 4.90 Å². The average Bonchev–Trinajstić information content (AvgIpc) is 2.46. The van der Waals surface area contributed by atoms with Crippen LogP contribution in [0.15, 0.2) is 18.2 Å². The fraction of sp³-hybridized carbons (Fsp3) is 0.562. The average molecular weight is 274 g/mol. The molecule has 0 bridgehead atoms. The Morgan fingerprint density at radius 1 is 1.20 bits per heavy atom. The van der Waals surface area contributed by atoms with Crippen LogP contribution < -0.4 is 11.5 Å². The summed E-state index contributed by atoms with van der Waals surface area (Å²) in [6.45, 7) is 6.21. The van der Waals surface area contributed by atoms with Crippen molar-refractivity contribution in [1.29, 1.82) is 5.26 Å². The van der Waals surface area contributed by atoms with Gasteiger partial charge in [-0.2, -0.15) is 5.26 Å². The number of nitrogens with zero attached hydrogens (tertiary/aromatic N) is 2. The Bertz CT molecular complexity index is 437. The molecular formula is C16H26N4. The Hall–Kier alpha value is -1.57. The van der Waals surface area contributed by atoms with Gasteiger partial charge in [0.05, 0.1) is 5.56 Å². The third-order valence-corrected chi connectivity index (χ3v) is 3.42. The topological polar surface area (TPSA) is 79.1 Å². The number of unbranched alkanes of at least 4 members (excludes halogenated alkanes) is 1. The fourth-order valence-corrected chi connectivity index (χ4v) is 2.27. The molecule has 0 saturated carbocycles. The maximum atomic E-state index is 9.00. The predicted molar refractivity (Wildman–Crippen MR) is 84.3 cm³/mol. The zero-order chi connectivity index (χ0) is 14.8. The summed E-state index contributed by atoms with van der Waals surface area (Å²) >= 11 is 0. The van der Waals surface area contributed by atoms with Gasteiger partial charge in [0.25, 0.3) is 0 Å². The second kappa shape index (κ2) is 9.35. The summed E-state index contributed by atoms with van der Waals surface area (Å²) in [4.78, 5) is 2.47. The van der Waals surface area contributed by atoms with Crippen LogP contribution >= 0.6 is 0 Å². The van der Waals surface area contributed by atoms with Crippen molar-refractivity contribution < 1.29 is 0 Å². The van der Waals surface area contributed by atoms with Crippen molar-refractivity contribution in [3.05, 3.63) is 29.3 Å². The van der Waals surface area contributed by atoms with Gasteiger partial charge in [-0.3, -0.25) is 0 Å². The number of hydrogen-bond acceptors (Lipinski definition) is 4. The summed E-state index contributed by atoms with van der Waals surface area (Å²) in [5.74, 6) is 0. The SMILES string of the molecule is CCCN(CCCCN)CCc1ccc(N)c(C#N)c1. The monoisotopic (exact) mass is 274 g/mol. The largest absolute Gasteiger partial charge is 0.398 e. The van der Waals surface area contributed by atoms with E-state index in [1.807, 2.05) is 18.2 Å². The molecule has 0 saturated heterocycles. The molecule has 0 aliphatic heterocycles. The molecule has 1 rings (SSSR count). The highest BCUT2D eigenvalue weighted by Crippen LogP contribution is 2.14. The Morgan fingerprint density at radius 2 is 2.00 bits per heavy atom. The third-order valence-electron chi connectivity index (χ3n) is 3.42. The van der Waals surface area contributed by atoms with Crippen LogP contribution in [-0.4, -0.2) is 31.1 Å². The minimum absolute atomic E-state index is 0.560. The maximum absolute atomic E-state index is 9.00. The van der Waals surface area contributed by atoms with Gasteiger partial charge in [0.2, 0.25) is 0 Å². The van der Waals surface area contributed by atoms with Crippen LogP contribution in [0, 0.1) is 11.3 Å². The summed E-state index contributed by atoms with van der Waals surface area (Å²) in [6.07, 6.45) is 4.35. The second-order valence-corrected chi connectivity index (χ2v) is 5.12. The maximum Gasteiger partial charge on any atom is 0.101 e. The van der Waals surface area contributed by atoms with E-state index in [0.29, 0.717) is 11.3 Å². The lowest BCUT2D eigenvalue weighted by Gasteiger charge is -2.21. The second-order valence-electron chi connectivity index (χ2n) is 5.12. The molecule has 110 valence electrons. The number of rotatable bonds is 9. The molecule has 0 spiro atoms. The minimum Gasteiger partial charge on any atom is -0.398 e. The van der Waals surface area contributed by atoms with E-state index in [9.17, 15) is 0 Å². The number of nitriles is 1. The molecule has 0 unspecified atom stereocenters. The van der Waals surface area contributed by atoms with Gasteiger partial charge in [0, 0.05) is 12.2 Å². The quantitative estimate of drug-likeness (QED) is 0.534. The lowest BCUT2D eigenvalue weighted by atomic mass is 10.1. The highest BCUT2D eigenvalue weighted by molar-refractivity contribution is 5.55. The van der Waals surface area contributed by atoms with E-state index in [-0.39, 0.29) is 0 Å². The van der Waals surface area contributed by atoms with Crippen LogP contribution in [0.5, 0.6) is 0 Å². The van der Waals surface area contributed by atoms with Crippen LogP contribution in [0.25, 0.3) is 0 Å². The molecule has 0 heterocycles. The number of nitrogen functional groups attached to an aromatic ring is 1. The normalized spacial score (nSPS) is 10.7. The van der Waals surface area contributed by atoms with Gasteiger partial charge in [-0.25, -0.2) is 0 Å². The number of anilines is 1. The van der Waals surface area contributed by atoms with Gasteiger partial charge in [0.1, 0.15) is 6.07 Å². The predicted octanol–water partition coefficient (Wildman–Crippen LogP) is 2.13. The van der Waals surface area contributed by atoms with E-state index in [4.69, 9.17) is 16.7 Å². The molecule has 0 amide bonds. The Balaban J connectivity index is 2.51. The van der Waals surface area contributed by atoms with Crippen molar-refractivity contribution >= 4 is 5.69 Å². The molecule has 0 aromatic heterocycles. The van der Waals surface area contributed by atoms with E-state index in [2.05, 4.69) is 17.9 Å². The highest BCUT2D eigenvalue weighted by Gasteiger charge is 2.05. The van der Waals surface area contributed by atoms with Gasteiger partial charge in [0.15, 0.2) is 0 Å². The van der Waals surface area contributed by atoms with Crippen LogP contribution in [-0.2, 0) is 6.42 Å². The zero-order valence-corrected chi connectivity index (χ0v) is 12.4. The molecule has 4 heteroatoms. The molecule has 1 aromatic carbocycles. The van der Waals surface area contributed by atoms with Gasteiger partial charge in [-0.15, -0.1) is 0 Å². The lowest BCUT2D eigenvalue weighted by Crippen LogP contribution is -2.28. The number of nitrogens with two attached hydrogens (primary N) is 2. The summed E-state index contributed by atoms with van der Waals surface area (Å²) in [6, 6.07) is 7.88.